The van der Waals surface area contributed by atoms with Crippen molar-refractivity contribution < 1.29 is 14.5 Å². The maximum atomic E-state index is 12.3. The molecule has 0 unspecified atom stereocenters. The standard InChI is InChI=1S/C20H18ClN5O4S/c21-16-3-1-2-4-17(16)30-11-18-23-24-20(25(18)14-9-10-14)31-12-19(27)22-13-5-7-15(8-6-13)26(28)29/h1-8,14H,9-12H2,(H,22,27). The Morgan fingerprint density at radius 3 is 2.65 bits per heavy atom. The smallest absolute Gasteiger partial charge is 0.269 e. The molecule has 2 aromatic carbocycles. The lowest BCUT2D eigenvalue weighted by atomic mass is 10.3. The predicted molar refractivity (Wildman–Crippen MR) is 117 cm³/mol. The van der Waals surface area contributed by atoms with Gasteiger partial charge in [0, 0.05) is 23.9 Å². The molecular formula is C20H18ClN5O4S. The van der Waals surface area contributed by atoms with Crippen LogP contribution < -0.4 is 10.1 Å². The quantitative estimate of drug-likeness (QED) is 0.285. The van der Waals surface area contributed by atoms with Crippen LogP contribution in [0.4, 0.5) is 11.4 Å². The maximum absolute atomic E-state index is 12.3. The lowest BCUT2D eigenvalue weighted by Crippen LogP contribution is -2.15. The van der Waals surface area contributed by atoms with Gasteiger partial charge in [-0.1, -0.05) is 35.5 Å². The van der Waals surface area contributed by atoms with Gasteiger partial charge in [0.2, 0.25) is 5.91 Å². The first kappa shape index (κ1) is 21.1. The first-order chi connectivity index (χ1) is 15.0. The number of nitrogens with zero attached hydrogens (tertiary/aromatic N) is 4. The molecule has 1 aromatic heterocycles. The number of hydrogen-bond acceptors (Lipinski definition) is 7. The first-order valence-corrected chi connectivity index (χ1v) is 10.9. The zero-order valence-corrected chi connectivity index (χ0v) is 17.8. The van der Waals surface area contributed by atoms with Gasteiger partial charge in [0.25, 0.3) is 5.69 Å². The molecule has 0 aliphatic heterocycles. The molecule has 1 N–H and O–H groups in total. The van der Waals surface area contributed by atoms with Crippen LogP contribution in [-0.4, -0.2) is 31.3 Å². The van der Waals surface area contributed by atoms with E-state index >= 15 is 0 Å². The molecule has 0 spiro atoms. The van der Waals surface area contributed by atoms with E-state index in [1.165, 1.54) is 36.0 Å². The summed E-state index contributed by atoms with van der Waals surface area (Å²) in [5, 5.41) is 23.1. The van der Waals surface area contributed by atoms with Crippen molar-refractivity contribution in [1.82, 2.24) is 14.8 Å². The number of carbonyl (C=O) groups is 1. The molecule has 1 saturated carbocycles. The molecule has 160 valence electrons. The Kier molecular flexibility index (Phi) is 6.38. The molecule has 9 nitrogen and oxygen atoms in total. The van der Waals surface area contributed by atoms with Gasteiger partial charge in [-0.3, -0.25) is 19.5 Å². The minimum Gasteiger partial charge on any atom is -0.484 e. The topological polar surface area (TPSA) is 112 Å². The van der Waals surface area contributed by atoms with Crippen LogP contribution in [0.15, 0.2) is 53.7 Å². The van der Waals surface area contributed by atoms with Gasteiger partial charge < -0.3 is 10.1 Å². The molecule has 0 radical (unpaired) electrons. The van der Waals surface area contributed by atoms with Gasteiger partial charge in [-0.2, -0.15) is 0 Å². The van der Waals surface area contributed by atoms with Crippen molar-refractivity contribution in [3.8, 4) is 5.75 Å². The van der Waals surface area contributed by atoms with E-state index < -0.39 is 4.92 Å². The summed E-state index contributed by atoms with van der Waals surface area (Å²) in [6.45, 7) is 0.225. The monoisotopic (exact) mass is 459 g/mol. The van der Waals surface area contributed by atoms with E-state index in [0.717, 1.165) is 12.8 Å². The Morgan fingerprint density at radius 2 is 1.97 bits per heavy atom. The molecule has 4 rings (SSSR count). The molecule has 0 bridgehead atoms. The van der Waals surface area contributed by atoms with Crippen LogP contribution in [-0.2, 0) is 11.4 Å². The Hall–Kier alpha value is -3.11. The minimum atomic E-state index is -0.487. The third-order valence-electron chi connectivity index (χ3n) is 4.53. The summed E-state index contributed by atoms with van der Waals surface area (Å²) in [7, 11) is 0. The normalized spacial score (nSPS) is 13.1. The average molecular weight is 460 g/mol. The number of nitro groups is 1. The van der Waals surface area contributed by atoms with Crippen LogP contribution in [0, 0.1) is 10.1 Å². The third kappa shape index (κ3) is 5.33. The van der Waals surface area contributed by atoms with Crippen LogP contribution >= 0.6 is 23.4 Å². The van der Waals surface area contributed by atoms with Crippen LogP contribution in [0.1, 0.15) is 24.7 Å². The Labute approximate surface area is 186 Å². The van der Waals surface area contributed by atoms with Gasteiger partial charge in [-0.25, -0.2) is 0 Å². The lowest BCUT2D eigenvalue weighted by molar-refractivity contribution is -0.384. The molecule has 1 amide bonds. The van der Waals surface area contributed by atoms with Crippen LogP contribution in [0.2, 0.25) is 5.02 Å². The SMILES string of the molecule is O=C(CSc1nnc(COc2ccccc2Cl)n1C1CC1)Nc1ccc([N+](=O)[O-])cc1. The number of benzene rings is 2. The van der Waals surface area contributed by atoms with Gasteiger partial charge in [-0.05, 0) is 37.1 Å². The molecule has 1 aliphatic carbocycles. The molecule has 1 heterocycles. The predicted octanol–water partition coefficient (Wildman–Crippen LogP) is 4.48. The molecule has 0 saturated heterocycles. The average Bonchev–Trinajstić information content (AvgIpc) is 3.52. The molecule has 1 fully saturated rings. The third-order valence-corrected chi connectivity index (χ3v) is 5.79. The van der Waals surface area contributed by atoms with Crippen LogP contribution in [0.5, 0.6) is 5.75 Å². The van der Waals surface area contributed by atoms with Crippen molar-refractivity contribution >= 4 is 40.6 Å². The zero-order valence-electron chi connectivity index (χ0n) is 16.2. The van der Waals surface area contributed by atoms with E-state index in [2.05, 4.69) is 15.5 Å². The fraction of sp³-hybridized carbons (Fsp3) is 0.250. The Balaban J connectivity index is 1.36. The number of hydrogen-bond donors (Lipinski definition) is 1. The number of anilines is 1. The van der Waals surface area contributed by atoms with Crippen molar-refractivity contribution in [2.24, 2.45) is 0 Å². The summed E-state index contributed by atoms with van der Waals surface area (Å²) in [6.07, 6.45) is 2.05. The van der Waals surface area contributed by atoms with Crippen LogP contribution in [0.3, 0.4) is 0 Å². The Bertz CT molecular complexity index is 1100. The summed E-state index contributed by atoms with van der Waals surface area (Å²) < 4.78 is 7.81. The highest BCUT2D eigenvalue weighted by atomic mass is 35.5. The van der Waals surface area contributed by atoms with Gasteiger partial charge in [-0.15, -0.1) is 10.2 Å². The number of ether oxygens (including phenoxy) is 1. The molecule has 1 aliphatic rings. The number of para-hydroxylation sites is 1. The molecule has 0 atom stereocenters. The van der Waals surface area contributed by atoms with E-state index in [4.69, 9.17) is 16.3 Å². The van der Waals surface area contributed by atoms with Gasteiger partial charge in [0.05, 0.1) is 15.7 Å². The van der Waals surface area contributed by atoms with Gasteiger partial charge >= 0.3 is 0 Å². The van der Waals surface area contributed by atoms with Crippen molar-refractivity contribution in [3.63, 3.8) is 0 Å². The number of halogens is 1. The van der Waals surface area contributed by atoms with E-state index in [-0.39, 0.29) is 24.0 Å². The van der Waals surface area contributed by atoms with Gasteiger partial charge in [0.1, 0.15) is 12.4 Å². The lowest BCUT2D eigenvalue weighted by Gasteiger charge is -2.11. The second-order valence-corrected chi connectivity index (χ2v) is 8.21. The molecule has 11 heteroatoms. The number of rotatable bonds is 9. The number of nitro benzene ring substituents is 1. The molecular weight excluding hydrogens is 442 g/mol. The van der Waals surface area contributed by atoms with Crippen molar-refractivity contribution in [3.05, 3.63) is 69.5 Å². The van der Waals surface area contributed by atoms with Crippen molar-refractivity contribution in [2.45, 2.75) is 30.6 Å². The molecule has 31 heavy (non-hydrogen) atoms. The summed E-state index contributed by atoms with van der Waals surface area (Å²) >= 11 is 7.42. The first-order valence-electron chi connectivity index (χ1n) is 9.49. The van der Waals surface area contributed by atoms with Gasteiger partial charge in [0.15, 0.2) is 11.0 Å². The second-order valence-electron chi connectivity index (χ2n) is 6.86. The number of nitrogens with one attached hydrogen (secondary N) is 1. The van der Waals surface area contributed by atoms with Crippen molar-refractivity contribution in [1.29, 1.82) is 0 Å². The zero-order chi connectivity index (χ0) is 21.8. The van der Waals surface area contributed by atoms with Crippen molar-refractivity contribution in [2.75, 3.05) is 11.1 Å². The number of amides is 1. The van der Waals surface area contributed by atoms with E-state index in [1.54, 1.807) is 12.1 Å². The highest BCUT2D eigenvalue weighted by molar-refractivity contribution is 7.99. The highest BCUT2D eigenvalue weighted by Crippen LogP contribution is 2.39. The van der Waals surface area contributed by atoms with E-state index in [9.17, 15) is 14.9 Å². The van der Waals surface area contributed by atoms with Crippen LogP contribution in [0.25, 0.3) is 0 Å². The summed E-state index contributed by atoms with van der Waals surface area (Å²) in [5.74, 6) is 1.15. The Morgan fingerprint density at radius 1 is 1.23 bits per heavy atom. The number of thioether (sulfide) groups is 1. The fourth-order valence-electron chi connectivity index (χ4n) is 2.90. The number of carbonyl (C=O) groups excluding carboxylic acids is 1. The van der Waals surface area contributed by atoms with E-state index in [0.29, 0.717) is 33.5 Å². The molecule has 3 aromatic rings. The maximum Gasteiger partial charge on any atom is 0.269 e. The summed E-state index contributed by atoms with van der Waals surface area (Å²) in [5.41, 5.74) is 0.463. The summed E-state index contributed by atoms with van der Waals surface area (Å²) in [6, 6.07) is 13.2. The summed E-state index contributed by atoms with van der Waals surface area (Å²) in [4.78, 5) is 22.5. The number of non-ortho nitro benzene ring substituents is 1. The minimum absolute atomic E-state index is 0.0311. The highest BCUT2D eigenvalue weighted by Gasteiger charge is 2.30. The van der Waals surface area contributed by atoms with E-state index in [1.807, 2.05) is 16.7 Å². The largest absolute Gasteiger partial charge is 0.484 e. The fourth-order valence-corrected chi connectivity index (χ4v) is 3.92. The second kappa shape index (κ2) is 9.36. The number of aromatic nitrogens is 3.